The molecule has 0 spiro atoms. The first-order chi connectivity index (χ1) is 7.22. The van der Waals surface area contributed by atoms with Crippen LogP contribution in [0.1, 0.15) is 39.0 Å². The van der Waals surface area contributed by atoms with E-state index in [0.29, 0.717) is 6.42 Å². The van der Waals surface area contributed by atoms with Crippen LogP contribution >= 0.6 is 15.9 Å². The van der Waals surface area contributed by atoms with Crippen LogP contribution in [0.25, 0.3) is 0 Å². The van der Waals surface area contributed by atoms with Crippen LogP contribution in [0.5, 0.6) is 0 Å². The van der Waals surface area contributed by atoms with E-state index < -0.39 is 0 Å². The molecule has 1 N–H and O–H groups in total. The van der Waals surface area contributed by atoms with Crippen molar-refractivity contribution in [3.05, 3.63) is 0 Å². The van der Waals surface area contributed by atoms with E-state index in [1.807, 2.05) is 0 Å². The Morgan fingerprint density at radius 1 is 1.47 bits per heavy atom. The minimum absolute atomic E-state index is 0.0664. The molecule has 0 saturated carbocycles. The summed E-state index contributed by atoms with van der Waals surface area (Å²) < 4.78 is 5.32. The lowest BCUT2D eigenvalue weighted by Gasteiger charge is -2.36. The molecule has 1 heterocycles. The minimum atomic E-state index is -0.0664. The van der Waals surface area contributed by atoms with Crippen LogP contribution in [0.15, 0.2) is 0 Å². The first-order valence-electron chi connectivity index (χ1n) is 5.67. The van der Waals surface area contributed by atoms with E-state index >= 15 is 0 Å². The highest BCUT2D eigenvalue weighted by atomic mass is 79.9. The van der Waals surface area contributed by atoms with Gasteiger partial charge in [0.15, 0.2) is 0 Å². The lowest BCUT2D eigenvalue weighted by molar-refractivity contribution is -0.124. The van der Waals surface area contributed by atoms with Gasteiger partial charge in [-0.1, -0.05) is 29.3 Å². The van der Waals surface area contributed by atoms with Crippen LogP contribution in [-0.4, -0.2) is 30.0 Å². The number of rotatable bonds is 5. The van der Waals surface area contributed by atoms with Gasteiger partial charge in [-0.05, 0) is 19.3 Å². The van der Waals surface area contributed by atoms with Crippen molar-refractivity contribution in [2.75, 3.05) is 18.5 Å². The zero-order valence-electron chi connectivity index (χ0n) is 9.35. The van der Waals surface area contributed by atoms with Crippen molar-refractivity contribution >= 4 is 21.8 Å². The third kappa shape index (κ3) is 4.11. The van der Waals surface area contributed by atoms with E-state index in [2.05, 4.69) is 28.2 Å². The Labute approximate surface area is 100 Å². The van der Waals surface area contributed by atoms with E-state index in [1.165, 1.54) is 0 Å². The number of halogens is 1. The maximum absolute atomic E-state index is 11.7. The number of alkyl halides is 1. The van der Waals surface area contributed by atoms with Crippen LogP contribution in [0.2, 0.25) is 0 Å². The van der Waals surface area contributed by atoms with E-state index in [-0.39, 0.29) is 11.4 Å². The number of hydrogen-bond donors (Lipinski definition) is 1. The summed E-state index contributed by atoms with van der Waals surface area (Å²) in [5, 5.41) is 3.97. The summed E-state index contributed by atoms with van der Waals surface area (Å²) >= 11 is 3.49. The summed E-state index contributed by atoms with van der Waals surface area (Å²) in [5.74, 6) is 0.179. The molecule has 1 saturated heterocycles. The van der Waals surface area contributed by atoms with E-state index in [9.17, 15) is 4.79 Å². The number of ether oxygens (including phenoxy) is 1. The van der Waals surface area contributed by atoms with Gasteiger partial charge in [-0.15, -0.1) is 0 Å². The fourth-order valence-electron chi connectivity index (χ4n) is 1.75. The van der Waals surface area contributed by atoms with Crippen molar-refractivity contribution in [2.24, 2.45) is 0 Å². The lowest BCUT2D eigenvalue weighted by atomic mass is 9.92. The van der Waals surface area contributed by atoms with Crippen LogP contribution in [0, 0.1) is 0 Å². The molecule has 1 rings (SSSR count). The molecule has 0 aromatic carbocycles. The molecule has 0 aliphatic carbocycles. The molecule has 1 aliphatic rings. The monoisotopic (exact) mass is 277 g/mol. The first kappa shape index (κ1) is 13.0. The molecule has 0 radical (unpaired) electrons. The number of unbranched alkanes of at least 4 members (excludes halogenated alkanes) is 1. The summed E-state index contributed by atoms with van der Waals surface area (Å²) in [5.41, 5.74) is -0.0664. The highest BCUT2D eigenvalue weighted by Gasteiger charge is 2.32. The third-order valence-corrected chi connectivity index (χ3v) is 3.94. The highest BCUT2D eigenvalue weighted by molar-refractivity contribution is 9.09. The topological polar surface area (TPSA) is 38.3 Å². The maximum Gasteiger partial charge on any atom is 0.220 e. The molecule has 0 aromatic heterocycles. The van der Waals surface area contributed by atoms with E-state index in [1.54, 1.807) is 0 Å². The smallest absolute Gasteiger partial charge is 0.220 e. The summed E-state index contributed by atoms with van der Waals surface area (Å²) in [6, 6.07) is 0. The van der Waals surface area contributed by atoms with Crippen molar-refractivity contribution in [3.8, 4) is 0 Å². The summed E-state index contributed by atoms with van der Waals surface area (Å²) in [7, 11) is 0. The number of carbonyl (C=O) groups is 1. The fraction of sp³-hybridized carbons (Fsp3) is 0.909. The van der Waals surface area contributed by atoms with Gasteiger partial charge < -0.3 is 10.1 Å². The Hall–Kier alpha value is -0.0900. The van der Waals surface area contributed by atoms with Crippen LogP contribution in [0.3, 0.4) is 0 Å². The average Bonchev–Trinajstić information content (AvgIpc) is 2.27. The number of amides is 1. The summed E-state index contributed by atoms with van der Waals surface area (Å²) in [6.07, 6.45) is 4.51. The molecule has 1 fully saturated rings. The van der Waals surface area contributed by atoms with Gasteiger partial charge in [-0.2, -0.15) is 0 Å². The minimum Gasteiger partial charge on any atom is -0.381 e. The molecular formula is C11H20BrNO2. The van der Waals surface area contributed by atoms with Crippen LogP contribution < -0.4 is 5.32 Å². The number of carbonyl (C=O) groups excluding carboxylic acids is 1. The average molecular weight is 278 g/mol. The van der Waals surface area contributed by atoms with Gasteiger partial charge in [-0.25, -0.2) is 0 Å². The molecule has 0 unspecified atom stereocenters. The first-order valence-corrected chi connectivity index (χ1v) is 6.79. The third-order valence-electron chi connectivity index (χ3n) is 2.87. The van der Waals surface area contributed by atoms with E-state index in [0.717, 1.165) is 44.2 Å². The van der Waals surface area contributed by atoms with Crippen LogP contribution in [0.4, 0.5) is 0 Å². The lowest BCUT2D eigenvalue weighted by Crippen LogP contribution is -2.53. The Kier molecular flexibility index (Phi) is 5.61. The van der Waals surface area contributed by atoms with Gasteiger partial charge in [-0.3, -0.25) is 4.79 Å². The fourth-order valence-corrected chi connectivity index (χ4v) is 2.45. The maximum atomic E-state index is 11.7. The molecular weight excluding hydrogens is 258 g/mol. The predicted molar refractivity (Wildman–Crippen MR) is 64.2 cm³/mol. The van der Waals surface area contributed by atoms with Gasteiger partial charge in [0, 0.05) is 25.0 Å². The predicted octanol–water partition coefficient (Wildman–Crippen LogP) is 2.24. The SMILES string of the molecule is CCCCC(=O)NC1(CBr)CCOCC1. The van der Waals surface area contributed by atoms with Crippen molar-refractivity contribution < 1.29 is 9.53 Å². The van der Waals surface area contributed by atoms with Gasteiger partial charge in [0.1, 0.15) is 0 Å². The standard InChI is InChI=1S/C11H20BrNO2/c1-2-3-4-10(14)13-11(9-12)5-7-15-8-6-11/h2-9H2,1H3,(H,13,14). The van der Waals surface area contributed by atoms with Crippen molar-refractivity contribution in [1.29, 1.82) is 0 Å². The number of hydrogen-bond acceptors (Lipinski definition) is 2. The van der Waals surface area contributed by atoms with Crippen LogP contribution in [-0.2, 0) is 9.53 Å². The molecule has 15 heavy (non-hydrogen) atoms. The molecule has 0 atom stereocenters. The molecule has 3 nitrogen and oxygen atoms in total. The Morgan fingerprint density at radius 2 is 2.13 bits per heavy atom. The largest absolute Gasteiger partial charge is 0.381 e. The van der Waals surface area contributed by atoms with E-state index in [4.69, 9.17) is 4.74 Å². The Bertz CT molecular complexity index is 203. The quantitative estimate of drug-likeness (QED) is 0.783. The summed E-state index contributed by atoms with van der Waals surface area (Å²) in [4.78, 5) is 11.7. The second-order valence-corrected chi connectivity index (χ2v) is 4.74. The van der Waals surface area contributed by atoms with Gasteiger partial charge in [0.05, 0.1) is 5.54 Å². The zero-order valence-corrected chi connectivity index (χ0v) is 10.9. The molecule has 0 bridgehead atoms. The molecule has 0 aromatic rings. The molecule has 1 aliphatic heterocycles. The van der Waals surface area contributed by atoms with Crippen molar-refractivity contribution in [1.82, 2.24) is 5.32 Å². The van der Waals surface area contributed by atoms with Crippen molar-refractivity contribution in [2.45, 2.75) is 44.6 Å². The summed E-state index contributed by atoms with van der Waals surface area (Å²) in [6.45, 7) is 3.60. The second-order valence-electron chi connectivity index (χ2n) is 4.18. The second kappa shape index (κ2) is 6.48. The molecule has 1 amide bonds. The highest BCUT2D eigenvalue weighted by Crippen LogP contribution is 2.23. The number of nitrogens with one attached hydrogen (secondary N) is 1. The Balaban J connectivity index is 2.40. The zero-order chi connectivity index (χ0) is 11.1. The Morgan fingerprint density at radius 3 is 2.67 bits per heavy atom. The van der Waals surface area contributed by atoms with Gasteiger partial charge in [0.2, 0.25) is 5.91 Å². The van der Waals surface area contributed by atoms with Gasteiger partial charge in [0.25, 0.3) is 0 Å². The molecule has 88 valence electrons. The van der Waals surface area contributed by atoms with Gasteiger partial charge >= 0.3 is 0 Å². The molecule has 4 heteroatoms. The normalized spacial score (nSPS) is 19.9. The van der Waals surface area contributed by atoms with Crippen molar-refractivity contribution in [3.63, 3.8) is 0 Å².